The van der Waals surface area contributed by atoms with Crippen molar-refractivity contribution in [1.82, 2.24) is 15.0 Å². The minimum Gasteiger partial charge on any atom is -0.393 e. The minimum absolute atomic E-state index is 0.0308. The zero-order chi connectivity index (χ0) is 22.8. The molecular weight excluding hydrogens is 438 g/mol. The van der Waals surface area contributed by atoms with Crippen molar-refractivity contribution in [2.45, 2.75) is 19.1 Å². The number of hydrogen-bond acceptors (Lipinski definition) is 6. The number of rotatable bonds is 6. The van der Waals surface area contributed by atoms with E-state index in [-0.39, 0.29) is 17.2 Å². The van der Waals surface area contributed by atoms with Crippen LogP contribution in [0.25, 0.3) is 22.0 Å². The molecule has 164 valence electrons. The van der Waals surface area contributed by atoms with E-state index in [1.807, 2.05) is 0 Å². The second kappa shape index (κ2) is 9.12. The van der Waals surface area contributed by atoms with Gasteiger partial charge in [-0.25, -0.2) is 18.7 Å². The maximum Gasteiger partial charge on any atom is 0.159 e. The molecule has 4 rings (SSSR count). The lowest BCUT2D eigenvalue weighted by Gasteiger charge is -2.19. The monoisotopic (exact) mass is 456 g/mol. The van der Waals surface area contributed by atoms with Crippen molar-refractivity contribution in [3.05, 3.63) is 83.0 Å². The van der Waals surface area contributed by atoms with Crippen LogP contribution in [0.5, 0.6) is 0 Å². The predicted octanol–water partition coefficient (Wildman–Crippen LogP) is 4.82. The highest BCUT2D eigenvalue weighted by Gasteiger charge is 2.18. The van der Waals surface area contributed by atoms with Gasteiger partial charge in [-0.05, 0) is 19.1 Å². The predicted molar refractivity (Wildman–Crippen MR) is 118 cm³/mol. The van der Waals surface area contributed by atoms with Crippen molar-refractivity contribution in [2.24, 2.45) is 0 Å². The molecular formula is C23H19ClF2N4O2. The summed E-state index contributed by atoms with van der Waals surface area (Å²) >= 11 is 6.40. The van der Waals surface area contributed by atoms with Crippen LogP contribution < -0.4 is 5.32 Å². The zero-order valence-corrected chi connectivity index (χ0v) is 17.7. The highest BCUT2D eigenvalue weighted by molar-refractivity contribution is 6.34. The molecule has 2 heterocycles. The molecule has 32 heavy (non-hydrogen) atoms. The van der Waals surface area contributed by atoms with Gasteiger partial charge in [0.25, 0.3) is 0 Å². The molecule has 0 spiro atoms. The van der Waals surface area contributed by atoms with Crippen LogP contribution in [-0.4, -0.2) is 31.8 Å². The SMILES string of the molecule is CC(Nc1c(Cl)cnc2cc(F)c(-c3cnc(C(O)CO)nc3)cc12)c1ccccc1F. The summed E-state index contributed by atoms with van der Waals surface area (Å²) in [4.78, 5) is 12.2. The molecule has 4 aromatic rings. The molecule has 2 atom stereocenters. The Labute approximate surface area is 187 Å². The largest absolute Gasteiger partial charge is 0.393 e. The van der Waals surface area contributed by atoms with E-state index < -0.39 is 24.6 Å². The first-order valence-electron chi connectivity index (χ1n) is 9.79. The number of aromatic nitrogens is 3. The molecule has 0 aliphatic rings. The van der Waals surface area contributed by atoms with Crippen molar-refractivity contribution in [2.75, 3.05) is 11.9 Å². The van der Waals surface area contributed by atoms with Crippen LogP contribution in [0.1, 0.15) is 30.5 Å². The van der Waals surface area contributed by atoms with E-state index in [0.29, 0.717) is 32.7 Å². The topological polar surface area (TPSA) is 91.2 Å². The van der Waals surface area contributed by atoms with Gasteiger partial charge >= 0.3 is 0 Å². The quantitative estimate of drug-likeness (QED) is 0.385. The summed E-state index contributed by atoms with van der Waals surface area (Å²) in [6, 6.07) is 8.84. The second-order valence-electron chi connectivity index (χ2n) is 7.25. The Balaban J connectivity index is 1.78. The summed E-state index contributed by atoms with van der Waals surface area (Å²) in [6.45, 7) is 1.27. The molecule has 0 saturated carbocycles. The van der Waals surface area contributed by atoms with E-state index in [9.17, 15) is 13.9 Å². The van der Waals surface area contributed by atoms with Crippen LogP contribution in [0, 0.1) is 11.6 Å². The Morgan fingerprint density at radius 2 is 1.75 bits per heavy atom. The van der Waals surface area contributed by atoms with Crippen molar-refractivity contribution in [3.8, 4) is 11.1 Å². The first-order valence-corrected chi connectivity index (χ1v) is 10.2. The van der Waals surface area contributed by atoms with Crippen LogP contribution in [0.3, 0.4) is 0 Å². The van der Waals surface area contributed by atoms with Gasteiger partial charge in [0.15, 0.2) is 5.82 Å². The van der Waals surface area contributed by atoms with Crippen LogP contribution in [0.2, 0.25) is 5.02 Å². The van der Waals surface area contributed by atoms with Gasteiger partial charge in [0.2, 0.25) is 0 Å². The van der Waals surface area contributed by atoms with Crippen LogP contribution in [0.15, 0.2) is 55.0 Å². The van der Waals surface area contributed by atoms with E-state index in [2.05, 4.69) is 20.3 Å². The van der Waals surface area contributed by atoms with Gasteiger partial charge < -0.3 is 15.5 Å². The lowest BCUT2D eigenvalue weighted by molar-refractivity contribution is 0.0886. The fourth-order valence-electron chi connectivity index (χ4n) is 3.41. The third-order valence-corrected chi connectivity index (χ3v) is 5.38. The molecule has 2 aromatic carbocycles. The van der Waals surface area contributed by atoms with Crippen LogP contribution in [0.4, 0.5) is 14.5 Å². The number of aliphatic hydroxyl groups is 2. The number of benzene rings is 2. The van der Waals surface area contributed by atoms with Gasteiger partial charge in [0.1, 0.15) is 17.7 Å². The number of nitrogens with zero attached hydrogens (tertiary/aromatic N) is 3. The fourth-order valence-corrected chi connectivity index (χ4v) is 3.61. The van der Waals surface area contributed by atoms with E-state index in [0.717, 1.165) is 0 Å². The van der Waals surface area contributed by atoms with Gasteiger partial charge in [-0.3, -0.25) is 4.98 Å². The minimum atomic E-state index is -1.22. The molecule has 6 nitrogen and oxygen atoms in total. The molecule has 0 aliphatic carbocycles. The molecule has 0 amide bonds. The Morgan fingerprint density at radius 1 is 1.03 bits per heavy atom. The molecule has 0 bridgehead atoms. The molecule has 0 aliphatic heterocycles. The highest BCUT2D eigenvalue weighted by atomic mass is 35.5. The molecule has 0 fully saturated rings. The number of nitrogens with one attached hydrogen (secondary N) is 1. The maximum atomic E-state index is 14.9. The number of fused-ring (bicyclic) bond motifs is 1. The summed E-state index contributed by atoms with van der Waals surface area (Å²) in [5.74, 6) is -0.862. The van der Waals surface area contributed by atoms with E-state index in [4.69, 9.17) is 16.7 Å². The van der Waals surface area contributed by atoms with Crippen molar-refractivity contribution in [1.29, 1.82) is 0 Å². The fraction of sp³-hybridized carbons (Fsp3) is 0.174. The Hall–Kier alpha value is -3.20. The van der Waals surface area contributed by atoms with E-state index in [1.165, 1.54) is 30.7 Å². The Bertz CT molecular complexity index is 1270. The standard InChI is InChI=1S/C23H19ClF2N4O2/c1-12(14-4-2-3-5-18(14)25)30-22-16-6-15(19(26)7-20(16)27-10-17(22)24)13-8-28-23(29-9-13)21(32)11-31/h2-10,12,21,31-32H,11H2,1H3,(H,27,30). The molecule has 0 radical (unpaired) electrons. The van der Waals surface area contributed by atoms with Crippen LogP contribution >= 0.6 is 11.6 Å². The van der Waals surface area contributed by atoms with Gasteiger partial charge in [-0.2, -0.15) is 0 Å². The molecule has 2 unspecified atom stereocenters. The summed E-state index contributed by atoms with van der Waals surface area (Å²) in [6.07, 6.45) is 2.91. The summed E-state index contributed by atoms with van der Waals surface area (Å²) in [5.41, 5.74) is 1.89. The lowest BCUT2D eigenvalue weighted by atomic mass is 10.0. The first-order chi connectivity index (χ1) is 15.4. The Morgan fingerprint density at radius 3 is 2.44 bits per heavy atom. The summed E-state index contributed by atoms with van der Waals surface area (Å²) in [5, 5.41) is 22.7. The third kappa shape index (κ3) is 4.25. The Kier molecular flexibility index (Phi) is 6.27. The lowest BCUT2D eigenvalue weighted by Crippen LogP contribution is -2.10. The molecule has 3 N–H and O–H groups in total. The maximum absolute atomic E-state index is 14.9. The third-order valence-electron chi connectivity index (χ3n) is 5.10. The van der Waals surface area contributed by atoms with Gasteiger partial charge in [0, 0.05) is 46.7 Å². The summed E-state index contributed by atoms with van der Waals surface area (Å²) in [7, 11) is 0. The molecule has 0 saturated heterocycles. The smallest absolute Gasteiger partial charge is 0.159 e. The normalized spacial score (nSPS) is 13.2. The second-order valence-corrected chi connectivity index (χ2v) is 7.65. The number of halogens is 3. The summed E-state index contributed by atoms with van der Waals surface area (Å²) < 4.78 is 29.1. The van der Waals surface area contributed by atoms with Gasteiger partial charge in [-0.1, -0.05) is 29.8 Å². The van der Waals surface area contributed by atoms with Crippen molar-refractivity contribution in [3.63, 3.8) is 0 Å². The van der Waals surface area contributed by atoms with Gasteiger partial charge in [-0.15, -0.1) is 0 Å². The average Bonchev–Trinajstić information content (AvgIpc) is 2.80. The van der Waals surface area contributed by atoms with Crippen molar-refractivity contribution >= 4 is 28.2 Å². The molecule has 2 aromatic heterocycles. The van der Waals surface area contributed by atoms with Crippen LogP contribution in [-0.2, 0) is 0 Å². The number of aliphatic hydroxyl groups excluding tert-OH is 2. The van der Waals surface area contributed by atoms with E-state index >= 15 is 0 Å². The number of pyridine rings is 1. The van der Waals surface area contributed by atoms with Crippen molar-refractivity contribution < 1.29 is 19.0 Å². The first kappa shape index (κ1) is 22.0. The highest BCUT2D eigenvalue weighted by Crippen LogP contribution is 2.36. The molecule has 9 heteroatoms. The number of hydrogen-bond donors (Lipinski definition) is 3. The number of anilines is 1. The van der Waals surface area contributed by atoms with E-state index in [1.54, 1.807) is 31.2 Å². The zero-order valence-electron chi connectivity index (χ0n) is 16.9. The van der Waals surface area contributed by atoms with Gasteiger partial charge in [0.05, 0.1) is 28.9 Å². The average molecular weight is 457 g/mol.